The summed E-state index contributed by atoms with van der Waals surface area (Å²) in [6.07, 6.45) is 2.86. The highest BCUT2D eigenvalue weighted by Crippen LogP contribution is 2.14. The number of hydrogen-bond acceptors (Lipinski definition) is 3. The van der Waals surface area contributed by atoms with Gasteiger partial charge in [-0.2, -0.15) is 0 Å². The number of amides is 2. The van der Waals surface area contributed by atoms with E-state index >= 15 is 0 Å². The SMILES string of the molecule is CNC(=O)/C=C/CNC(=O)c1cc(=O)[nH]c2ccccc12. The molecule has 1 heterocycles. The van der Waals surface area contributed by atoms with Crippen LogP contribution in [0.15, 0.2) is 47.3 Å². The number of nitrogens with one attached hydrogen (secondary N) is 3. The van der Waals surface area contributed by atoms with E-state index in [0.717, 1.165) is 0 Å². The minimum absolute atomic E-state index is 0.202. The fraction of sp³-hybridized carbons (Fsp3) is 0.133. The molecule has 21 heavy (non-hydrogen) atoms. The van der Waals surface area contributed by atoms with Gasteiger partial charge in [-0.05, 0) is 6.07 Å². The van der Waals surface area contributed by atoms with Crippen molar-refractivity contribution >= 4 is 22.7 Å². The summed E-state index contributed by atoms with van der Waals surface area (Å²) in [7, 11) is 1.52. The lowest BCUT2D eigenvalue weighted by Gasteiger charge is -2.06. The summed E-state index contributed by atoms with van der Waals surface area (Å²) in [5.41, 5.74) is 0.582. The highest BCUT2D eigenvalue weighted by atomic mass is 16.2. The number of hydrogen-bond donors (Lipinski definition) is 3. The molecular weight excluding hydrogens is 270 g/mol. The minimum atomic E-state index is -0.362. The quantitative estimate of drug-likeness (QED) is 0.717. The molecule has 1 aromatic carbocycles. The Labute approximate surface area is 120 Å². The lowest BCUT2D eigenvalue weighted by Crippen LogP contribution is -2.25. The first kappa shape index (κ1) is 14.5. The zero-order chi connectivity index (χ0) is 15.2. The molecule has 0 saturated heterocycles. The third-order valence-electron chi connectivity index (χ3n) is 2.89. The lowest BCUT2D eigenvalue weighted by atomic mass is 10.1. The van der Waals surface area contributed by atoms with Crippen molar-refractivity contribution in [1.29, 1.82) is 0 Å². The number of rotatable bonds is 4. The number of carbonyl (C=O) groups excluding carboxylic acids is 2. The van der Waals surface area contributed by atoms with Gasteiger partial charge in [0.15, 0.2) is 0 Å². The van der Waals surface area contributed by atoms with E-state index in [-0.39, 0.29) is 23.9 Å². The Morgan fingerprint density at radius 1 is 1.29 bits per heavy atom. The maximum Gasteiger partial charge on any atom is 0.252 e. The predicted octanol–water partition coefficient (Wildman–Crippen LogP) is 0.560. The maximum atomic E-state index is 12.1. The van der Waals surface area contributed by atoms with Crippen molar-refractivity contribution in [3.05, 3.63) is 58.4 Å². The molecule has 2 amide bonds. The molecule has 0 aliphatic rings. The lowest BCUT2D eigenvalue weighted by molar-refractivity contribution is -0.116. The van der Waals surface area contributed by atoms with E-state index in [2.05, 4.69) is 15.6 Å². The molecule has 0 aliphatic heterocycles. The number of likely N-dealkylation sites (N-methyl/N-ethyl adjacent to an activating group) is 1. The molecule has 0 unspecified atom stereocenters. The van der Waals surface area contributed by atoms with Crippen molar-refractivity contribution in [1.82, 2.24) is 15.6 Å². The number of aromatic amines is 1. The molecule has 0 atom stereocenters. The number of fused-ring (bicyclic) bond motifs is 1. The second-order valence-electron chi connectivity index (χ2n) is 4.32. The molecular formula is C15H15N3O3. The van der Waals surface area contributed by atoms with Crippen LogP contribution in [-0.4, -0.2) is 30.4 Å². The van der Waals surface area contributed by atoms with Gasteiger partial charge < -0.3 is 15.6 Å². The van der Waals surface area contributed by atoms with Crippen LogP contribution in [0.4, 0.5) is 0 Å². The van der Waals surface area contributed by atoms with Crippen LogP contribution in [0.25, 0.3) is 10.9 Å². The molecule has 0 radical (unpaired) electrons. The van der Waals surface area contributed by atoms with Crippen LogP contribution in [0.5, 0.6) is 0 Å². The van der Waals surface area contributed by atoms with Crippen LogP contribution >= 0.6 is 0 Å². The van der Waals surface area contributed by atoms with Gasteiger partial charge in [0.2, 0.25) is 11.5 Å². The molecule has 1 aromatic heterocycles. The van der Waals surface area contributed by atoms with E-state index in [0.29, 0.717) is 16.5 Å². The smallest absolute Gasteiger partial charge is 0.252 e. The standard InChI is InChI=1S/C15H15N3O3/c1-16-13(19)7-4-8-17-15(21)11-9-14(20)18-12-6-3-2-5-10(11)12/h2-7,9H,8H2,1H3,(H,16,19)(H,17,21)(H,18,20)/b7-4+. The van der Waals surface area contributed by atoms with E-state index in [4.69, 9.17) is 0 Å². The molecule has 6 heteroatoms. The van der Waals surface area contributed by atoms with Crippen LogP contribution in [0, 0.1) is 0 Å². The molecule has 0 fully saturated rings. The van der Waals surface area contributed by atoms with Gasteiger partial charge in [-0.15, -0.1) is 0 Å². The van der Waals surface area contributed by atoms with Crippen LogP contribution in [-0.2, 0) is 4.79 Å². The molecule has 2 rings (SSSR count). The van der Waals surface area contributed by atoms with Crippen molar-refractivity contribution in [2.45, 2.75) is 0 Å². The van der Waals surface area contributed by atoms with E-state index in [1.165, 1.54) is 25.3 Å². The maximum absolute atomic E-state index is 12.1. The van der Waals surface area contributed by atoms with Crippen molar-refractivity contribution in [2.24, 2.45) is 0 Å². The third kappa shape index (κ3) is 3.56. The molecule has 0 bridgehead atoms. The number of H-pyrrole nitrogens is 1. The molecule has 0 saturated carbocycles. The Hall–Kier alpha value is -2.89. The van der Waals surface area contributed by atoms with Crippen molar-refractivity contribution in [3.8, 4) is 0 Å². The Morgan fingerprint density at radius 3 is 2.81 bits per heavy atom. The molecule has 2 aromatic rings. The number of benzene rings is 1. The zero-order valence-corrected chi connectivity index (χ0v) is 11.5. The highest BCUT2D eigenvalue weighted by molar-refractivity contribution is 6.06. The average Bonchev–Trinajstić information content (AvgIpc) is 2.50. The third-order valence-corrected chi connectivity index (χ3v) is 2.89. The van der Waals surface area contributed by atoms with Crippen LogP contribution in [0.1, 0.15) is 10.4 Å². The summed E-state index contributed by atoms with van der Waals surface area (Å²) < 4.78 is 0. The van der Waals surface area contributed by atoms with Crippen LogP contribution in [0.3, 0.4) is 0 Å². The molecule has 6 nitrogen and oxygen atoms in total. The highest BCUT2D eigenvalue weighted by Gasteiger charge is 2.10. The van der Waals surface area contributed by atoms with Gasteiger partial charge in [-0.3, -0.25) is 14.4 Å². The Kier molecular flexibility index (Phi) is 4.50. The van der Waals surface area contributed by atoms with Crippen LogP contribution in [0.2, 0.25) is 0 Å². The summed E-state index contributed by atoms with van der Waals surface area (Å²) >= 11 is 0. The topological polar surface area (TPSA) is 91.1 Å². The van der Waals surface area contributed by atoms with Gasteiger partial charge in [0.1, 0.15) is 0 Å². The monoisotopic (exact) mass is 285 g/mol. The molecule has 3 N–H and O–H groups in total. The van der Waals surface area contributed by atoms with Gasteiger partial charge >= 0.3 is 0 Å². The summed E-state index contributed by atoms with van der Waals surface area (Å²) in [4.78, 5) is 37.4. The van der Waals surface area contributed by atoms with Gasteiger partial charge in [-0.25, -0.2) is 0 Å². The first-order valence-corrected chi connectivity index (χ1v) is 6.40. The van der Waals surface area contributed by atoms with E-state index in [9.17, 15) is 14.4 Å². The largest absolute Gasteiger partial charge is 0.356 e. The number of pyridine rings is 1. The van der Waals surface area contributed by atoms with Gasteiger partial charge in [0, 0.05) is 36.6 Å². The molecule has 0 aliphatic carbocycles. The molecule has 108 valence electrons. The van der Waals surface area contributed by atoms with Gasteiger partial charge in [0.05, 0.1) is 5.56 Å². The number of para-hydroxylation sites is 1. The van der Waals surface area contributed by atoms with Gasteiger partial charge in [0.25, 0.3) is 5.91 Å². The fourth-order valence-electron chi connectivity index (χ4n) is 1.89. The minimum Gasteiger partial charge on any atom is -0.356 e. The van der Waals surface area contributed by atoms with Crippen molar-refractivity contribution in [3.63, 3.8) is 0 Å². The zero-order valence-electron chi connectivity index (χ0n) is 11.5. The predicted molar refractivity (Wildman–Crippen MR) is 80.1 cm³/mol. The summed E-state index contributed by atoms with van der Waals surface area (Å²) in [6, 6.07) is 8.34. The van der Waals surface area contributed by atoms with E-state index < -0.39 is 0 Å². The van der Waals surface area contributed by atoms with Crippen LogP contribution < -0.4 is 16.2 Å². The Bertz CT molecular complexity index is 762. The summed E-state index contributed by atoms with van der Waals surface area (Å²) in [6.45, 7) is 0.202. The first-order chi connectivity index (χ1) is 10.1. The normalized spacial score (nSPS) is 10.7. The molecule has 0 spiro atoms. The van der Waals surface area contributed by atoms with Crippen molar-refractivity contribution < 1.29 is 9.59 Å². The second-order valence-corrected chi connectivity index (χ2v) is 4.32. The average molecular weight is 285 g/mol. The first-order valence-electron chi connectivity index (χ1n) is 6.40. The summed E-state index contributed by atoms with van der Waals surface area (Å²) in [5.74, 6) is -0.607. The van der Waals surface area contributed by atoms with E-state index in [1.807, 2.05) is 0 Å². The second kappa shape index (κ2) is 6.51. The van der Waals surface area contributed by atoms with E-state index in [1.54, 1.807) is 24.3 Å². The summed E-state index contributed by atoms with van der Waals surface area (Å²) in [5, 5.41) is 5.74. The Balaban J connectivity index is 2.18. The Morgan fingerprint density at radius 2 is 2.05 bits per heavy atom. The van der Waals surface area contributed by atoms with Crippen molar-refractivity contribution in [2.75, 3.05) is 13.6 Å². The number of carbonyl (C=O) groups is 2. The fourth-order valence-corrected chi connectivity index (χ4v) is 1.89. The van der Waals surface area contributed by atoms with Gasteiger partial charge in [-0.1, -0.05) is 24.3 Å². The number of aromatic nitrogens is 1.